The molecule has 0 spiro atoms. The number of nitrogens with one attached hydrogen (secondary N) is 1. The first-order valence-electron chi connectivity index (χ1n) is 8.92. The van der Waals surface area contributed by atoms with Crippen LogP contribution in [-0.4, -0.2) is 56.6 Å². The Hall–Kier alpha value is -1.99. The molecule has 0 saturated heterocycles. The molecule has 1 atom stereocenters. The highest BCUT2D eigenvalue weighted by atomic mass is 35.5. The van der Waals surface area contributed by atoms with Gasteiger partial charge >= 0.3 is 0 Å². The maximum Gasteiger partial charge on any atom is 0.241 e. The Labute approximate surface area is 167 Å². The van der Waals surface area contributed by atoms with Crippen LogP contribution in [0, 0.1) is 5.92 Å². The van der Waals surface area contributed by atoms with E-state index in [2.05, 4.69) is 5.32 Å². The van der Waals surface area contributed by atoms with Gasteiger partial charge in [-0.25, -0.2) is 0 Å². The van der Waals surface area contributed by atoms with Gasteiger partial charge in [0, 0.05) is 13.1 Å². The second-order valence-corrected chi connectivity index (χ2v) is 6.84. The summed E-state index contributed by atoms with van der Waals surface area (Å²) in [5.74, 6) is 1.03. The number of nitrogens with two attached hydrogens (primary N) is 1. The van der Waals surface area contributed by atoms with Gasteiger partial charge in [-0.15, -0.1) is 12.4 Å². The first-order chi connectivity index (χ1) is 12.4. The number of carbonyl (C=O) groups is 2. The van der Waals surface area contributed by atoms with E-state index < -0.39 is 6.04 Å². The monoisotopic (exact) mass is 399 g/mol. The Morgan fingerprint density at radius 2 is 1.59 bits per heavy atom. The van der Waals surface area contributed by atoms with Gasteiger partial charge in [-0.1, -0.05) is 13.8 Å². The minimum Gasteiger partial charge on any atom is -0.493 e. The molecule has 0 aliphatic carbocycles. The van der Waals surface area contributed by atoms with Crippen molar-refractivity contribution in [1.82, 2.24) is 10.2 Å². The van der Waals surface area contributed by atoms with Crippen molar-refractivity contribution in [3.63, 3.8) is 0 Å². The molecule has 7 nitrogen and oxygen atoms in total. The van der Waals surface area contributed by atoms with Crippen LogP contribution in [0.3, 0.4) is 0 Å². The van der Waals surface area contributed by atoms with E-state index in [1.807, 2.05) is 26.0 Å². The highest BCUT2D eigenvalue weighted by Gasteiger charge is 2.22. The van der Waals surface area contributed by atoms with E-state index in [-0.39, 0.29) is 36.7 Å². The molecule has 152 valence electrons. The number of fused-ring (bicyclic) bond motifs is 1. The van der Waals surface area contributed by atoms with Crippen LogP contribution in [-0.2, 0) is 22.4 Å². The topological polar surface area (TPSA) is 93.9 Å². The number of nitrogens with zero attached hydrogens (tertiary/aromatic N) is 1. The lowest BCUT2D eigenvalue weighted by Crippen LogP contribution is -2.48. The molecule has 0 radical (unpaired) electrons. The van der Waals surface area contributed by atoms with E-state index in [4.69, 9.17) is 15.2 Å². The number of hydrogen-bond donors (Lipinski definition) is 2. The van der Waals surface area contributed by atoms with Crippen molar-refractivity contribution in [2.45, 2.75) is 32.7 Å². The predicted octanol–water partition coefficient (Wildman–Crippen LogP) is 1.15. The summed E-state index contributed by atoms with van der Waals surface area (Å²) in [6.07, 6.45) is 1.47. The Morgan fingerprint density at radius 3 is 2.00 bits per heavy atom. The summed E-state index contributed by atoms with van der Waals surface area (Å²) >= 11 is 0. The van der Waals surface area contributed by atoms with Gasteiger partial charge in [0.25, 0.3) is 0 Å². The van der Waals surface area contributed by atoms with E-state index in [1.54, 1.807) is 19.1 Å². The molecule has 0 aromatic heterocycles. The molecule has 1 heterocycles. The molecule has 27 heavy (non-hydrogen) atoms. The minimum absolute atomic E-state index is 0. The van der Waals surface area contributed by atoms with Gasteiger partial charge in [-0.3, -0.25) is 9.59 Å². The molecule has 1 aromatic carbocycles. The summed E-state index contributed by atoms with van der Waals surface area (Å²) in [4.78, 5) is 26.2. The standard InChI is InChI=1S/C19H29N3O4.ClH/c1-12(2)18(20)19(24)21-11-17(23)22-7-5-13-9-15(25-3)16(26-4)10-14(13)6-8-22;/h9-10,12,18H,5-8,11,20H2,1-4H3,(H,21,24);1H/t18-;/m0./s1. The summed E-state index contributed by atoms with van der Waals surface area (Å²) in [6, 6.07) is 3.35. The lowest BCUT2D eigenvalue weighted by Gasteiger charge is -2.21. The molecule has 8 heteroatoms. The first-order valence-corrected chi connectivity index (χ1v) is 8.92. The number of rotatable bonds is 6. The molecule has 2 amide bonds. The fraction of sp³-hybridized carbons (Fsp3) is 0.579. The molecule has 0 unspecified atom stereocenters. The molecule has 1 aromatic rings. The van der Waals surface area contributed by atoms with Gasteiger partial charge in [0.2, 0.25) is 11.8 Å². The minimum atomic E-state index is -0.601. The van der Waals surface area contributed by atoms with Crippen LogP contribution < -0.4 is 20.5 Å². The smallest absolute Gasteiger partial charge is 0.241 e. The van der Waals surface area contributed by atoms with Crippen LogP contribution >= 0.6 is 12.4 Å². The fourth-order valence-corrected chi connectivity index (χ4v) is 3.00. The Bertz CT molecular complexity index is 632. The van der Waals surface area contributed by atoms with Crippen molar-refractivity contribution in [3.8, 4) is 11.5 Å². The van der Waals surface area contributed by atoms with Gasteiger partial charge in [-0.2, -0.15) is 0 Å². The fourth-order valence-electron chi connectivity index (χ4n) is 3.00. The molecule has 1 aliphatic heterocycles. The molecule has 0 bridgehead atoms. The molecular weight excluding hydrogens is 370 g/mol. The SMILES string of the molecule is COc1cc2c(cc1OC)CCN(C(=O)CNC(=O)[C@@H](N)C(C)C)CC2.Cl. The lowest BCUT2D eigenvalue weighted by molar-refractivity contribution is -0.133. The summed E-state index contributed by atoms with van der Waals surface area (Å²) in [5, 5.41) is 2.64. The number of halogens is 1. The third-order valence-electron chi connectivity index (χ3n) is 4.80. The largest absolute Gasteiger partial charge is 0.493 e. The number of hydrogen-bond acceptors (Lipinski definition) is 5. The van der Waals surface area contributed by atoms with Gasteiger partial charge < -0.3 is 25.4 Å². The summed E-state index contributed by atoms with van der Waals surface area (Å²) < 4.78 is 10.7. The highest BCUT2D eigenvalue weighted by molar-refractivity contribution is 5.87. The zero-order valence-corrected chi connectivity index (χ0v) is 17.2. The van der Waals surface area contributed by atoms with Crippen LogP contribution in [0.4, 0.5) is 0 Å². The Kier molecular flexibility index (Phi) is 8.85. The third kappa shape index (κ3) is 5.74. The normalized spacial score (nSPS) is 14.5. The average molecular weight is 400 g/mol. The van der Waals surface area contributed by atoms with Crippen LogP contribution in [0.2, 0.25) is 0 Å². The van der Waals surface area contributed by atoms with Gasteiger partial charge in [0.15, 0.2) is 11.5 Å². The number of ether oxygens (including phenoxy) is 2. The van der Waals surface area contributed by atoms with Crippen molar-refractivity contribution in [2.75, 3.05) is 33.9 Å². The summed E-state index contributed by atoms with van der Waals surface area (Å²) in [5.41, 5.74) is 8.11. The van der Waals surface area contributed by atoms with E-state index in [0.29, 0.717) is 24.6 Å². The quantitative estimate of drug-likeness (QED) is 0.748. The highest BCUT2D eigenvalue weighted by Crippen LogP contribution is 2.32. The van der Waals surface area contributed by atoms with Gasteiger partial charge in [0.1, 0.15) is 0 Å². The summed E-state index contributed by atoms with van der Waals surface area (Å²) in [6.45, 7) is 4.93. The lowest BCUT2D eigenvalue weighted by atomic mass is 10.0. The van der Waals surface area contributed by atoms with Crippen LogP contribution in [0.15, 0.2) is 12.1 Å². The maximum atomic E-state index is 12.5. The molecular formula is C19H30ClN3O4. The predicted molar refractivity (Wildman–Crippen MR) is 107 cm³/mol. The maximum absolute atomic E-state index is 12.5. The van der Waals surface area contributed by atoms with E-state index in [9.17, 15) is 9.59 Å². The molecule has 0 fully saturated rings. The van der Waals surface area contributed by atoms with Gasteiger partial charge in [0.05, 0.1) is 26.8 Å². The van der Waals surface area contributed by atoms with Crippen molar-refractivity contribution in [1.29, 1.82) is 0 Å². The van der Waals surface area contributed by atoms with Gasteiger partial charge in [-0.05, 0) is 42.0 Å². The second kappa shape index (κ2) is 10.4. The van der Waals surface area contributed by atoms with E-state index in [0.717, 1.165) is 24.0 Å². The Morgan fingerprint density at radius 1 is 1.11 bits per heavy atom. The Balaban J connectivity index is 0.00000364. The van der Waals surface area contributed by atoms with Crippen molar-refractivity contribution in [2.24, 2.45) is 11.7 Å². The average Bonchev–Trinajstić information content (AvgIpc) is 2.85. The summed E-state index contributed by atoms with van der Waals surface area (Å²) in [7, 11) is 3.22. The first kappa shape index (κ1) is 23.0. The van der Waals surface area contributed by atoms with E-state index in [1.165, 1.54) is 0 Å². The number of carbonyl (C=O) groups excluding carboxylic acids is 2. The molecule has 1 aliphatic rings. The second-order valence-electron chi connectivity index (χ2n) is 6.84. The van der Waals surface area contributed by atoms with Crippen LogP contribution in [0.25, 0.3) is 0 Å². The van der Waals surface area contributed by atoms with Crippen molar-refractivity contribution >= 4 is 24.2 Å². The van der Waals surface area contributed by atoms with Crippen LogP contribution in [0.1, 0.15) is 25.0 Å². The van der Waals surface area contributed by atoms with Crippen LogP contribution in [0.5, 0.6) is 11.5 Å². The zero-order valence-electron chi connectivity index (χ0n) is 16.4. The van der Waals surface area contributed by atoms with E-state index >= 15 is 0 Å². The molecule has 3 N–H and O–H groups in total. The number of methoxy groups -OCH3 is 2. The number of benzene rings is 1. The number of amides is 2. The van der Waals surface area contributed by atoms with Crippen molar-refractivity contribution in [3.05, 3.63) is 23.3 Å². The molecule has 0 saturated carbocycles. The molecule has 2 rings (SSSR count). The third-order valence-corrected chi connectivity index (χ3v) is 4.80. The van der Waals surface area contributed by atoms with Crippen molar-refractivity contribution < 1.29 is 19.1 Å². The zero-order chi connectivity index (χ0) is 19.3.